The Balaban J connectivity index is 2.68. The van der Waals surface area contributed by atoms with E-state index in [1.165, 1.54) is 24.2 Å². The van der Waals surface area contributed by atoms with Crippen molar-refractivity contribution in [3.63, 3.8) is 0 Å². The molecule has 0 aromatic carbocycles. The first kappa shape index (κ1) is 11.8. The minimum atomic E-state index is 0.414. The van der Waals surface area contributed by atoms with E-state index in [0.717, 1.165) is 31.3 Å². The number of allylic oxidation sites excluding steroid dienone is 2. The molecule has 1 nitrogen and oxygen atoms in total. The summed E-state index contributed by atoms with van der Waals surface area (Å²) in [5, 5.41) is 0. The second-order valence-electron chi connectivity index (χ2n) is 3.84. The average Bonchev–Trinajstić information content (AvgIpc) is 2.21. The van der Waals surface area contributed by atoms with Crippen molar-refractivity contribution in [3.8, 4) is 0 Å². The van der Waals surface area contributed by atoms with E-state index in [2.05, 4.69) is 13.2 Å². The second kappa shape index (κ2) is 6.28. The van der Waals surface area contributed by atoms with Crippen LogP contribution in [0.15, 0.2) is 10.5 Å². The Morgan fingerprint density at radius 2 is 2.07 bits per heavy atom. The fourth-order valence-corrected chi connectivity index (χ4v) is 2.70. The number of hydrogen-bond donors (Lipinski definition) is 0. The van der Waals surface area contributed by atoms with E-state index in [4.69, 9.17) is 0 Å². The summed E-state index contributed by atoms with van der Waals surface area (Å²) in [4.78, 5) is 13.0. The minimum absolute atomic E-state index is 0.414. The van der Waals surface area contributed by atoms with Gasteiger partial charge in [-0.1, -0.05) is 13.3 Å². The van der Waals surface area contributed by atoms with Gasteiger partial charge < -0.3 is 0 Å². The summed E-state index contributed by atoms with van der Waals surface area (Å²) in [6.07, 6.45) is 9.75. The molecule has 80 valence electrons. The number of rotatable bonds is 4. The van der Waals surface area contributed by atoms with Crippen molar-refractivity contribution >= 4 is 17.5 Å². The molecule has 2 heteroatoms. The third kappa shape index (κ3) is 3.16. The predicted molar refractivity (Wildman–Crippen MR) is 63.5 cm³/mol. The van der Waals surface area contributed by atoms with E-state index in [1.807, 2.05) is 0 Å². The van der Waals surface area contributed by atoms with Crippen LogP contribution in [-0.4, -0.2) is 12.0 Å². The number of thioether (sulfide) groups is 1. The zero-order chi connectivity index (χ0) is 10.4. The highest BCUT2D eigenvalue weighted by molar-refractivity contribution is 8.02. The molecule has 0 unspecified atom stereocenters. The zero-order valence-corrected chi connectivity index (χ0v) is 10.1. The Kier molecular flexibility index (Phi) is 5.31. The molecular weight excluding hydrogens is 192 g/mol. The molecule has 0 amide bonds. The lowest BCUT2D eigenvalue weighted by Crippen LogP contribution is -2.10. The number of carbonyl (C=O) groups is 1. The summed E-state index contributed by atoms with van der Waals surface area (Å²) in [6.45, 7) is 2.20. The van der Waals surface area contributed by atoms with Crippen LogP contribution < -0.4 is 0 Å². The molecule has 1 rings (SSSR count). The largest absolute Gasteiger partial charge is 0.295 e. The van der Waals surface area contributed by atoms with E-state index in [9.17, 15) is 4.79 Å². The van der Waals surface area contributed by atoms with Crippen LogP contribution in [0, 0.1) is 0 Å². The molecule has 0 bridgehead atoms. The summed E-state index contributed by atoms with van der Waals surface area (Å²) in [5.41, 5.74) is 1.15. The average molecular weight is 212 g/mol. The van der Waals surface area contributed by atoms with Gasteiger partial charge in [0.15, 0.2) is 5.78 Å². The van der Waals surface area contributed by atoms with Crippen LogP contribution in [-0.2, 0) is 4.79 Å². The molecule has 0 aliphatic heterocycles. The lowest BCUT2D eigenvalue weighted by atomic mass is 9.92. The Hall–Kier alpha value is -0.240. The number of Topliss-reactive ketones (excluding diaryl/α,β-unsaturated/α-hetero) is 1. The van der Waals surface area contributed by atoms with Crippen LogP contribution in [0.5, 0.6) is 0 Å². The number of ketones is 1. The van der Waals surface area contributed by atoms with E-state index in [1.54, 1.807) is 11.8 Å². The van der Waals surface area contributed by atoms with Gasteiger partial charge in [0, 0.05) is 12.0 Å². The molecule has 1 aliphatic rings. The molecule has 0 N–H and O–H groups in total. The molecule has 0 saturated heterocycles. The van der Waals surface area contributed by atoms with Crippen LogP contribution >= 0.6 is 11.8 Å². The second-order valence-corrected chi connectivity index (χ2v) is 4.74. The van der Waals surface area contributed by atoms with Crippen molar-refractivity contribution in [3.05, 3.63) is 10.5 Å². The van der Waals surface area contributed by atoms with Crippen molar-refractivity contribution in [2.75, 3.05) is 6.26 Å². The summed E-state index contributed by atoms with van der Waals surface area (Å²) in [5.74, 6) is 0.414. The van der Waals surface area contributed by atoms with Gasteiger partial charge in [0.2, 0.25) is 0 Å². The highest BCUT2D eigenvalue weighted by atomic mass is 32.2. The molecule has 14 heavy (non-hydrogen) atoms. The van der Waals surface area contributed by atoms with E-state index in [-0.39, 0.29) is 0 Å². The van der Waals surface area contributed by atoms with Gasteiger partial charge in [0.25, 0.3) is 0 Å². The van der Waals surface area contributed by atoms with Gasteiger partial charge >= 0.3 is 0 Å². The van der Waals surface area contributed by atoms with E-state index in [0.29, 0.717) is 5.78 Å². The van der Waals surface area contributed by atoms with Gasteiger partial charge in [-0.3, -0.25) is 4.79 Å². The van der Waals surface area contributed by atoms with Crippen molar-refractivity contribution in [1.82, 2.24) is 0 Å². The smallest absolute Gasteiger partial charge is 0.159 e. The Bertz CT molecular complexity index is 230. The molecule has 1 fully saturated rings. The number of hydrogen-bond acceptors (Lipinski definition) is 2. The highest BCUT2D eigenvalue weighted by Gasteiger charge is 2.18. The van der Waals surface area contributed by atoms with Crippen LogP contribution in [0.2, 0.25) is 0 Å². The maximum absolute atomic E-state index is 11.7. The summed E-state index contributed by atoms with van der Waals surface area (Å²) < 4.78 is 0. The molecule has 0 radical (unpaired) electrons. The highest BCUT2D eigenvalue weighted by Crippen LogP contribution is 2.30. The molecule has 0 atom stereocenters. The van der Waals surface area contributed by atoms with Crippen LogP contribution in [0.1, 0.15) is 51.9 Å². The van der Waals surface area contributed by atoms with Crippen molar-refractivity contribution in [2.24, 2.45) is 0 Å². The summed E-state index contributed by atoms with van der Waals surface area (Å²) >= 11 is 1.78. The van der Waals surface area contributed by atoms with Crippen molar-refractivity contribution in [2.45, 2.75) is 51.9 Å². The van der Waals surface area contributed by atoms with Crippen LogP contribution in [0.3, 0.4) is 0 Å². The first-order chi connectivity index (χ1) is 6.79. The lowest BCUT2D eigenvalue weighted by molar-refractivity contribution is -0.116. The Labute approximate surface area is 91.3 Å². The summed E-state index contributed by atoms with van der Waals surface area (Å²) in [7, 11) is 0. The number of carbonyl (C=O) groups excluding carboxylic acids is 1. The molecule has 0 spiro atoms. The molecule has 1 saturated carbocycles. The van der Waals surface area contributed by atoms with Gasteiger partial charge in [-0.05, 0) is 43.3 Å². The number of unbranched alkanes of at least 4 members (excludes halogenated alkanes) is 1. The quantitative estimate of drug-likeness (QED) is 0.657. The zero-order valence-electron chi connectivity index (χ0n) is 9.27. The third-order valence-corrected chi connectivity index (χ3v) is 3.70. The molecule has 0 aromatic heterocycles. The monoisotopic (exact) mass is 212 g/mol. The van der Waals surface area contributed by atoms with E-state index < -0.39 is 0 Å². The fourth-order valence-electron chi connectivity index (χ4n) is 1.89. The van der Waals surface area contributed by atoms with Crippen LogP contribution in [0.4, 0.5) is 0 Å². The molecule has 0 aromatic rings. The van der Waals surface area contributed by atoms with Crippen molar-refractivity contribution < 1.29 is 4.79 Å². The topological polar surface area (TPSA) is 17.1 Å². The van der Waals surface area contributed by atoms with Gasteiger partial charge in [0.05, 0.1) is 0 Å². The van der Waals surface area contributed by atoms with Gasteiger partial charge in [-0.25, -0.2) is 0 Å². The van der Waals surface area contributed by atoms with E-state index >= 15 is 0 Å². The third-order valence-electron chi connectivity index (χ3n) is 2.76. The molecular formula is C12H20OS. The summed E-state index contributed by atoms with van der Waals surface area (Å²) in [6, 6.07) is 0. The first-order valence-corrected chi connectivity index (χ1v) is 6.81. The fraction of sp³-hybridized carbons (Fsp3) is 0.750. The lowest BCUT2D eigenvalue weighted by Gasteiger charge is -2.16. The predicted octanol–water partition coefficient (Wildman–Crippen LogP) is 3.94. The van der Waals surface area contributed by atoms with Crippen LogP contribution in [0.25, 0.3) is 0 Å². The van der Waals surface area contributed by atoms with Gasteiger partial charge in [-0.2, -0.15) is 0 Å². The van der Waals surface area contributed by atoms with Gasteiger partial charge in [0.1, 0.15) is 0 Å². The standard InChI is InChI=1S/C12H20OS/c1-3-4-9-12(14-2)10-7-5-6-8-11(10)13/h3-9H2,1-2H3/b12-10-. The van der Waals surface area contributed by atoms with Crippen molar-refractivity contribution in [1.29, 1.82) is 0 Å². The molecule has 0 heterocycles. The maximum atomic E-state index is 11.7. The minimum Gasteiger partial charge on any atom is -0.295 e. The van der Waals surface area contributed by atoms with Gasteiger partial charge in [-0.15, -0.1) is 11.8 Å². The normalized spacial score (nSPS) is 21.1. The maximum Gasteiger partial charge on any atom is 0.159 e. The Morgan fingerprint density at radius 3 is 2.64 bits per heavy atom. The first-order valence-electron chi connectivity index (χ1n) is 5.58. The SMILES string of the molecule is CCCC/C(SC)=C1\CCCCC1=O. The molecule has 1 aliphatic carbocycles. The Morgan fingerprint density at radius 1 is 1.36 bits per heavy atom.